The molecule has 2 aliphatic rings. The molecule has 11 heteroatoms. The zero-order chi connectivity index (χ0) is 30.8. The van der Waals surface area contributed by atoms with Gasteiger partial charge in [-0.1, -0.05) is 41.7 Å². The Hall–Kier alpha value is -3.43. The van der Waals surface area contributed by atoms with Gasteiger partial charge in [0.05, 0.1) is 5.02 Å². The predicted octanol–water partition coefficient (Wildman–Crippen LogP) is 6.80. The molecule has 4 heterocycles. The lowest BCUT2D eigenvalue weighted by Gasteiger charge is -2.47. The van der Waals surface area contributed by atoms with Crippen molar-refractivity contribution in [3.63, 3.8) is 0 Å². The summed E-state index contributed by atoms with van der Waals surface area (Å²) in [6.45, 7) is 6.22. The van der Waals surface area contributed by atoms with Crippen molar-refractivity contribution >= 4 is 52.4 Å². The summed E-state index contributed by atoms with van der Waals surface area (Å²) in [6, 6.07) is 16.5. The second-order valence-corrected chi connectivity index (χ2v) is 12.5. The molecule has 228 valence electrons. The molecule has 0 unspecified atom stereocenters. The minimum atomic E-state index is -0.212. The molecule has 2 aromatic heterocycles. The van der Waals surface area contributed by atoms with Gasteiger partial charge in [0, 0.05) is 90.1 Å². The standard InChI is InChI=1S/C33H33Cl3N6O2/c1-2-27-21-40(17-18-41(27)28-11-14-39(15-12-28)32(43)22-3-7-25(34)8-4-22)31-29(36)19-24(20-38-31)30-37-13-16-42(30)33(44)23-5-9-26(35)10-6-23/h3-10,13,16,19-20,27-28H,2,11-12,14-15,17-18,21H2,1H3/t27-/m0/s1. The number of imidazole rings is 1. The highest BCUT2D eigenvalue weighted by molar-refractivity contribution is 6.33. The lowest BCUT2D eigenvalue weighted by molar-refractivity contribution is 0.0491. The second-order valence-electron chi connectivity index (χ2n) is 11.2. The Morgan fingerprint density at radius 1 is 0.841 bits per heavy atom. The maximum atomic E-state index is 13.2. The SMILES string of the molecule is CC[C@H]1CN(c2ncc(-c3nccn3C(=O)c3ccc(Cl)cc3)cc2Cl)CCN1C1CCN(C(=O)c2ccc(Cl)cc2)CC1. The van der Waals surface area contributed by atoms with Crippen molar-refractivity contribution < 1.29 is 9.59 Å². The van der Waals surface area contributed by atoms with E-state index in [0.29, 0.717) is 49.7 Å². The molecule has 2 aliphatic heterocycles. The molecule has 2 fully saturated rings. The first-order valence-corrected chi connectivity index (χ1v) is 16.0. The number of nitrogens with zero attached hydrogens (tertiary/aromatic N) is 6. The molecule has 2 aromatic carbocycles. The van der Waals surface area contributed by atoms with Gasteiger partial charge in [-0.2, -0.15) is 0 Å². The summed E-state index contributed by atoms with van der Waals surface area (Å²) < 4.78 is 1.50. The fourth-order valence-corrected chi connectivity index (χ4v) is 6.82. The fourth-order valence-electron chi connectivity index (χ4n) is 6.28. The monoisotopic (exact) mass is 650 g/mol. The van der Waals surface area contributed by atoms with Gasteiger partial charge in [0.1, 0.15) is 11.6 Å². The van der Waals surface area contributed by atoms with Gasteiger partial charge in [0.25, 0.3) is 11.8 Å². The van der Waals surface area contributed by atoms with E-state index in [1.165, 1.54) is 4.57 Å². The third-order valence-electron chi connectivity index (χ3n) is 8.64. The average molecular weight is 652 g/mol. The lowest BCUT2D eigenvalue weighted by atomic mass is 9.97. The third kappa shape index (κ3) is 6.35. The van der Waals surface area contributed by atoms with E-state index in [9.17, 15) is 9.59 Å². The van der Waals surface area contributed by atoms with Gasteiger partial charge in [-0.3, -0.25) is 19.1 Å². The second kappa shape index (κ2) is 13.3. The number of benzene rings is 2. The molecule has 0 saturated carbocycles. The Kier molecular flexibility index (Phi) is 9.23. The van der Waals surface area contributed by atoms with E-state index in [1.807, 2.05) is 11.0 Å². The molecule has 0 bridgehead atoms. The maximum absolute atomic E-state index is 13.2. The lowest BCUT2D eigenvalue weighted by Crippen LogP contribution is -2.58. The van der Waals surface area contributed by atoms with E-state index < -0.39 is 0 Å². The topological polar surface area (TPSA) is 74.6 Å². The molecule has 0 aliphatic carbocycles. The number of hydrogen-bond donors (Lipinski definition) is 0. The first-order valence-electron chi connectivity index (χ1n) is 14.9. The smallest absolute Gasteiger partial charge is 0.263 e. The van der Waals surface area contributed by atoms with Gasteiger partial charge < -0.3 is 9.80 Å². The minimum absolute atomic E-state index is 0.0676. The normalized spacial score (nSPS) is 18.0. The van der Waals surface area contributed by atoms with Crippen molar-refractivity contribution in [2.45, 2.75) is 38.3 Å². The van der Waals surface area contributed by atoms with Crippen LogP contribution in [-0.2, 0) is 0 Å². The van der Waals surface area contributed by atoms with Crippen LogP contribution in [-0.4, -0.2) is 81.0 Å². The van der Waals surface area contributed by atoms with Gasteiger partial charge >= 0.3 is 0 Å². The predicted molar refractivity (Wildman–Crippen MR) is 175 cm³/mol. The summed E-state index contributed by atoms with van der Waals surface area (Å²) in [7, 11) is 0. The summed E-state index contributed by atoms with van der Waals surface area (Å²) in [6.07, 6.45) is 7.86. The van der Waals surface area contributed by atoms with Crippen LogP contribution in [0.3, 0.4) is 0 Å². The molecule has 0 spiro atoms. The van der Waals surface area contributed by atoms with E-state index in [1.54, 1.807) is 67.1 Å². The maximum Gasteiger partial charge on any atom is 0.263 e. The van der Waals surface area contributed by atoms with Crippen molar-refractivity contribution in [1.29, 1.82) is 0 Å². The summed E-state index contributed by atoms with van der Waals surface area (Å²) >= 11 is 18.8. The van der Waals surface area contributed by atoms with Crippen LogP contribution in [0.15, 0.2) is 73.2 Å². The van der Waals surface area contributed by atoms with E-state index in [2.05, 4.69) is 21.7 Å². The number of rotatable bonds is 6. The van der Waals surface area contributed by atoms with Crippen LogP contribution >= 0.6 is 34.8 Å². The zero-order valence-electron chi connectivity index (χ0n) is 24.4. The van der Waals surface area contributed by atoms with Crippen LogP contribution in [0.25, 0.3) is 11.4 Å². The number of piperazine rings is 1. The average Bonchev–Trinajstić information content (AvgIpc) is 3.55. The number of pyridine rings is 1. The van der Waals surface area contributed by atoms with Gasteiger partial charge in [-0.15, -0.1) is 0 Å². The number of halogens is 3. The molecular weight excluding hydrogens is 619 g/mol. The number of likely N-dealkylation sites (tertiary alicyclic amines) is 1. The summed E-state index contributed by atoms with van der Waals surface area (Å²) in [5, 5.41) is 1.72. The Morgan fingerprint density at radius 2 is 1.48 bits per heavy atom. The summed E-state index contributed by atoms with van der Waals surface area (Å²) in [5.74, 6) is 1.07. The Bertz CT molecular complexity index is 1630. The van der Waals surface area contributed by atoms with Crippen LogP contribution in [0.1, 0.15) is 46.9 Å². The molecular formula is C33H33Cl3N6O2. The Labute approximate surface area is 272 Å². The van der Waals surface area contributed by atoms with Gasteiger partial charge in [-0.25, -0.2) is 9.97 Å². The number of amides is 1. The Morgan fingerprint density at radius 3 is 2.09 bits per heavy atom. The first kappa shape index (κ1) is 30.6. The number of carbonyl (C=O) groups is 2. The number of aromatic nitrogens is 3. The largest absolute Gasteiger partial charge is 0.353 e. The molecule has 8 nitrogen and oxygen atoms in total. The zero-order valence-corrected chi connectivity index (χ0v) is 26.6. The van der Waals surface area contributed by atoms with Crippen molar-refractivity contribution in [1.82, 2.24) is 24.3 Å². The first-order chi connectivity index (χ1) is 21.3. The van der Waals surface area contributed by atoms with Crippen LogP contribution in [0.5, 0.6) is 0 Å². The quantitative estimate of drug-likeness (QED) is 0.228. The number of hydrogen-bond acceptors (Lipinski definition) is 6. The van der Waals surface area contributed by atoms with Gasteiger partial charge in [-0.05, 0) is 73.9 Å². The molecule has 1 amide bonds. The van der Waals surface area contributed by atoms with Crippen LogP contribution < -0.4 is 4.90 Å². The molecule has 1 atom stereocenters. The molecule has 44 heavy (non-hydrogen) atoms. The van der Waals surface area contributed by atoms with Crippen molar-refractivity contribution in [3.8, 4) is 11.4 Å². The molecule has 0 radical (unpaired) electrons. The Balaban J connectivity index is 1.10. The van der Waals surface area contributed by atoms with E-state index >= 15 is 0 Å². The highest BCUT2D eigenvalue weighted by atomic mass is 35.5. The number of anilines is 1. The van der Waals surface area contributed by atoms with Gasteiger partial charge in [0.15, 0.2) is 0 Å². The fraction of sp³-hybridized carbons (Fsp3) is 0.333. The van der Waals surface area contributed by atoms with Crippen molar-refractivity contribution in [2.75, 3.05) is 37.6 Å². The molecule has 2 saturated heterocycles. The van der Waals surface area contributed by atoms with Gasteiger partial charge in [0.2, 0.25) is 0 Å². The number of piperidine rings is 1. The highest BCUT2D eigenvalue weighted by Gasteiger charge is 2.35. The van der Waals surface area contributed by atoms with E-state index in [4.69, 9.17) is 39.8 Å². The van der Waals surface area contributed by atoms with E-state index in [-0.39, 0.29) is 11.8 Å². The highest BCUT2D eigenvalue weighted by Crippen LogP contribution is 2.32. The van der Waals surface area contributed by atoms with Crippen LogP contribution in [0.4, 0.5) is 5.82 Å². The van der Waals surface area contributed by atoms with Crippen molar-refractivity contribution in [2.24, 2.45) is 0 Å². The molecule has 6 rings (SSSR count). The molecule has 4 aromatic rings. The van der Waals surface area contributed by atoms with Crippen LogP contribution in [0.2, 0.25) is 15.1 Å². The summed E-state index contributed by atoms with van der Waals surface area (Å²) in [4.78, 5) is 42.1. The summed E-state index contributed by atoms with van der Waals surface area (Å²) in [5.41, 5.74) is 1.85. The van der Waals surface area contributed by atoms with Crippen molar-refractivity contribution in [3.05, 3.63) is 99.4 Å². The third-order valence-corrected chi connectivity index (χ3v) is 9.42. The van der Waals surface area contributed by atoms with Crippen LogP contribution in [0, 0.1) is 0 Å². The number of carbonyl (C=O) groups excluding carboxylic acids is 2. The molecule has 0 N–H and O–H groups in total. The van der Waals surface area contributed by atoms with E-state index in [0.717, 1.165) is 57.8 Å². The minimum Gasteiger partial charge on any atom is -0.353 e.